The number of likely N-dealkylation sites (N-methyl/N-ethyl adjacent to an activating group) is 1. The highest BCUT2D eigenvalue weighted by molar-refractivity contribution is 9.10. The molecule has 0 radical (unpaired) electrons. The number of sulfonamides is 1. The van der Waals surface area contributed by atoms with E-state index < -0.39 is 10.0 Å². The summed E-state index contributed by atoms with van der Waals surface area (Å²) in [5.41, 5.74) is 1.99. The van der Waals surface area contributed by atoms with Crippen LogP contribution in [0.2, 0.25) is 0 Å². The molecule has 0 fully saturated rings. The van der Waals surface area contributed by atoms with Crippen LogP contribution in [0.3, 0.4) is 0 Å². The zero-order chi connectivity index (χ0) is 18.9. The van der Waals surface area contributed by atoms with Crippen molar-refractivity contribution in [2.24, 2.45) is 0 Å². The Kier molecular flexibility index (Phi) is 5.50. The van der Waals surface area contributed by atoms with Crippen LogP contribution in [0.5, 0.6) is 0 Å². The number of anilines is 1. The lowest BCUT2D eigenvalue weighted by molar-refractivity contribution is -0.119. The number of hydrogen-bond donors (Lipinski definition) is 0. The second-order valence-electron chi connectivity index (χ2n) is 6.33. The average Bonchev–Trinajstić information content (AvgIpc) is 2.95. The first-order valence-corrected chi connectivity index (χ1v) is 10.7. The van der Waals surface area contributed by atoms with Gasteiger partial charge < -0.3 is 4.90 Å². The number of hydrogen-bond acceptors (Lipinski definition) is 3. The van der Waals surface area contributed by atoms with E-state index in [1.54, 1.807) is 36.1 Å². The van der Waals surface area contributed by atoms with E-state index in [4.69, 9.17) is 0 Å². The molecule has 0 N–H and O–H groups in total. The molecule has 138 valence electrons. The molecule has 1 heterocycles. The summed E-state index contributed by atoms with van der Waals surface area (Å²) >= 11 is 3.30. The highest BCUT2D eigenvalue weighted by Crippen LogP contribution is 2.32. The van der Waals surface area contributed by atoms with Crippen molar-refractivity contribution < 1.29 is 13.2 Å². The maximum atomic E-state index is 12.9. The molecule has 1 aliphatic heterocycles. The third kappa shape index (κ3) is 3.56. The molecule has 5 nitrogen and oxygen atoms in total. The van der Waals surface area contributed by atoms with Crippen LogP contribution in [-0.4, -0.2) is 37.8 Å². The van der Waals surface area contributed by atoms with Crippen LogP contribution in [-0.2, 0) is 21.2 Å². The van der Waals surface area contributed by atoms with Crippen molar-refractivity contribution in [1.29, 1.82) is 0 Å². The molecule has 0 aromatic heterocycles. The Balaban J connectivity index is 1.84. The Bertz CT molecular complexity index is 913. The fourth-order valence-electron chi connectivity index (χ4n) is 3.30. The Morgan fingerprint density at radius 1 is 1.19 bits per heavy atom. The second-order valence-corrected chi connectivity index (χ2v) is 9.18. The quantitative estimate of drug-likeness (QED) is 0.720. The monoisotopic (exact) mass is 436 g/mol. The number of amides is 1. The molecular formula is C19H21BrN2O3S. The van der Waals surface area contributed by atoms with Crippen molar-refractivity contribution in [2.45, 2.75) is 31.2 Å². The van der Waals surface area contributed by atoms with Gasteiger partial charge in [-0.25, -0.2) is 8.42 Å². The molecule has 7 heteroatoms. The van der Waals surface area contributed by atoms with Crippen molar-refractivity contribution in [3.8, 4) is 0 Å². The standard InChI is InChI=1S/C19H21BrN2O3S/c1-3-21(26(24,25)17-10-8-16(20)9-11-17)13-19(23)22-14(2)12-15-6-4-5-7-18(15)22/h4-11,14H,3,12-13H2,1-2H3/t14-/m0/s1. The van der Waals surface area contributed by atoms with E-state index in [2.05, 4.69) is 15.9 Å². The number of rotatable bonds is 5. The topological polar surface area (TPSA) is 57.7 Å². The lowest BCUT2D eigenvalue weighted by Gasteiger charge is -2.27. The van der Waals surface area contributed by atoms with Crippen LogP contribution >= 0.6 is 15.9 Å². The van der Waals surface area contributed by atoms with Gasteiger partial charge in [0.05, 0.1) is 11.4 Å². The van der Waals surface area contributed by atoms with E-state index in [0.29, 0.717) is 0 Å². The molecule has 0 spiro atoms. The number of para-hydroxylation sites is 1. The first-order valence-electron chi connectivity index (χ1n) is 8.50. The minimum absolute atomic E-state index is 0.0222. The predicted molar refractivity (Wildman–Crippen MR) is 106 cm³/mol. The van der Waals surface area contributed by atoms with E-state index in [1.807, 2.05) is 31.2 Å². The third-order valence-electron chi connectivity index (χ3n) is 4.59. The second kappa shape index (κ2) is 7.50. The van der Waals surface area contributed by atoms with Gasteiger partial charge in [-0.15, -0.1) is 0 Å². The Hall–Kier alpha value is -1.70. The number of fused-ring (bicyclic) bond motifs is 1. The summed E-state index contributed by atoms with van der Waals surface area (Å²) in [5.74, 6) is -0.204. The zero-order valence-corrected chi connectivity index (χ0v) is 17.1. The molecule has 1 amide bonds. The fourth-order valence-corrected chi connectivity index (χ4v) is 4.96. The van der Waals surface area contributed by atoms with Crippen molar-refractivity contribution in [2.75, 3.05) is 18.0 Å². The molecule has 26 heavy (non-hydrogen) atoms. The van der Waals surface area contributed by atoms with Gasteiger partial charge >= 0.3 is 0 Å². The van der Waals surface area contributed by atoms with Crippen LogP contribution < -0.4 is 4.90 Å². The van der Waals surface area contributed by atoms with E-state index in [0.717, 1.165) is 22.1 Å². The molecule has 3 rings (SSSR count). The van der Waals surface area contributed by atoms with Crippen LogP contribution in [0.25, 0.3) is 0 Å². The fraction of sp³-hybridized carbons (Fsp3) is 0.316. The number of carbonyl (C=O) groups is 1. The van der Waals surface area contributed by atoms with Gasteiger partial charge in [-0.2, -0.15) is 4.31 Å². The van der Waals surface area contributed by atoms with E-state index >= 15 is 0 Å². The molecule has 2 aromatic rings. The largest absolute Gasteiger partial charge is 0.308 e. The average molecular weight is 437 g/mol. The van der Waals surface area contributed by atoms with Gasteiger partial charge in [0, 0.05) is 22.7 Å². The van der Waals surface area contributed by atoms with Gasteiger partial charge in [-0.3, -0.25) is 4.79 Å². The van der Waals surface area contributed by atoms with E-state index in [9.17, 15) is 13.2 Å². The summed E-state index contributed by atoms with van der Waals surface area (Å²) in [7, 11) is -3.72. The summed E-state index contributed by atoms with van der Waals surface area (Å²) in [6.45, 7) is 3.78. The van der Waals surface area contributed by atoms with Crippen molar-refractivity contribution in [3.05, 3.63) is 58.6 Å². The molecule has 0 unspecified atom stereocenters. The molecule has 0 saturated heterocycles. The first kappa shape index (κ1) is 19.1. The minimum Gasteiger partial charge on any atom is -0.308 e. The molecule has 2 aromatic carbocycles. The zero-order valence-electron chi connectivity index (χ0n) is 14.7. The lowest BCUT2D eigenvalue weighted by Crippen LogP contribution is -2.45. The van der Waals surface area contributed by atoms with Crippen molar-refractivity contribution in [3.63, 3.8) is 0 Å². The number of halogens is 1. The number of carbonyl (C=O) groups excluding carboxylic acids is 1. The maximum absolute atomic E-state index is 12.9. The predicted octanol–water partition coefficient (Wildman–Crippen LogP) is 3.44. The van der Waals surface area contributed by atoms with Gasteiger partial charge in [0.15, 0.2) is 0 Å². The Labute approximate surface area is 162 Å². The summed E-state index contributed by atoms with van der Waals surface area (Å²) in [4.78, 5) is 14.8. The van der Waals surface area contributed by atoms with Crippen LogP contribution in [0, 0.1) is 0 Å². The molecule has 1 atom stereocenters. The third-order valence-corrected chi connectivity index (χ3v) is 7.06. The molecule has 0 aliphatic carbocycles. The SMILES string of the molecule is CCN(CC(=O)N1c2ccccc2C[C@@H]1C)S(=O)(=O)c1ccc(Br)cc1. The highest BCUT2D eigenvalue weighted by atomic mass is 79.9. The summed E-state index contributed by atoms with van der Waals surface area (Å²) in [6, 6.07) is 14.2. The number of nitrogens with zero attached hydrogens (tertiary/aromatic N) is 2. The summed E-state index contributed by atoms with van der Waals surface area (Å²) in [6.07, 6.45) is 0.785. The van der Waals surface area contributed by atoms with Crippen molar-refractivity contribution >= 4 is 37.5 Å². The smallest absolute Gasteiger partial charge is 0.243 e. The Morgan fingerprint density at radius 2 is 1.85 bits per heavy atom. The van der Waals surface area contributed by atoms with Gasteiger partial charge in [-0.05, 0) is 49.2 Å². The molecule has 0 saturated carbocycles. The lowest BCUT2D eigenvalue weighted by atomic mass is 10.1. The van der Waals surface area contributed by atoms with E-state index in [1.165, 1.54) is 4.31 Å². The Morgan fingerprint density at radius 3 is 2.50 bits per heavy atom. The van der Waals surface area contributed by atoms with Crippen LogP contribution in [0.4, 0.5) is 5.69 Å². The van der Waals surface area contributed by atoms with Crippen LogP contribution in [0.15, 0.2) is 57.9 Å². The number of benzene rings is 2. The first-order chi connectivity index (χ1) is 12.3. The van der Waals surface area contributed by atoms with Gasteiger partial charge in [0.1, 0.15) is 0 Å². The van der Waals surface area contributed by atoms with E-state index in [-0.39, 0.29) is 29.9 Å². The highest BCUT2D eigenvalue weighted by Gasteiger charge is 2.33. The maximum Gasteiger partial charge on any atom is 0.243 e. The van der Waals surface area contributed by atoms with Gasteiger partial charge in [-0.1, -0.05) is 41.1 Å². The minimum atomic E-state index is -3.72. The molecule has 1 aliphatic rings. The summed E-state index contributed by atoms with van der Waals surface area (Å²) in [5, 5.41) is 0. The van der Waals surface area contributed by atoms with Gasteiger partial charge in [0.2, 0.25) is 15.9 Å². The normalized spacial score (nSPS) is 16.8. The van der Waals surface area contributed by atoms with Crippen molar-refractivity contribution in [1.82, 2.24) is 4.31 Å². The molecule has 0 bridgehead atoms. The molecular weight excluding hydrogens is 416 g/mol. The van der Waals surface area contributed by atoms with Crippen LogP contribution in [0.1, 0.15) is 19.4 Å². The summed E-state index contributed by atoms with van der Waals surface area (Å²) < 4.78 is 27.8. The van der Waals surface area contributed by atoms with Gasteiger partial charge in [0.25, 0.3) is 0 Å².